The number of nitrogens with zero attached hydrogens (tertiary/aromatic N) is 3. The van der Waals surface area contributed by atoms with E-state index >= 15 is 0 Å². The molecule has 0 saturated carbocycles. The number of ether oxygens (including phenoxy) is 1. The number of rotatable bonds is 3. The lowest BCUT2D eigenvalue weighted by Crippen LogP contribution is -2.38. The van der Waals surface area contributed by atoms with Gasteiger partial charge in [0.05, 0.1) is 23.5 Å². The van der Waals surface area contributed by atoms with Crippen LogP contribution in [0.25, 0.3) is 0 Å². The molecule has 0 aromatic carbocycles. The van der Waals surface area contributed by atoms with Crippen molar-refractivity contribution >= 4 is 0 Å². The van der Waals surface area contributed by atoms with Crippen molar-refractivity contribution in [3.63, 3.8) is 0 Å². The summed E-state index contributed by atoms with van der Waals surface area (Å²) in [6, 6.07) is -0.225. The first kappa shape index (κ1) is 10.1. The maximum absolute atomic E-state index is 6.00. The largest absolute Gasteiger partial charge is 0.377 e. The molecule has 1 aromatic rings. The Kier molecular flexibility index (Phi) is 2.68. The minimum Gasteiger partial charge on any atom is -0.377 e. The van der Waals surface area contributed by atoms with Crippen LogP contribution in [-0.4, -0.2) is 27.7 Å². The van der Waals surface area contributed by atoms with Gasteiger partial charge >= 0.3 is 0 Å². The van der Waals surface area contributed by atoms with E-state index in [1.165, 1.54) is 0 Å². The number of hydrogen-bond acceptors (Lipinski definition) is 4. The SMILES string of the molecule is COC(C)(C)C(N)c1cnnn1C. The second-order valence-electron chi connectivity index (χ2n) is 3.57. The van der Waals surface area contributed by atoms with E-state index in [-0.39, 0.29) is 6.04 Å². The van der Waals surface area contributed by atoms with Gasteiger partial charge in [-0.2, -0.15) is 0 Å². The van der Waals surface area contributed by atoms with Crippen molar-refractivity contribution in [3.8, 4) is 0 Å². The van der Waals surface area contributed by atoms with Crippen molar-refractivity contribution in [1.29, 1.82) is 0 Å². The monoisotopic (exact) mass is 184 g/mol. The quantitative estimate of drug-likeness (QED) is 0.730. The zero-order chi connectivity index (χ0) is 10.1. The fraction of sp³-hybridized carbons (Fsp3) is 0.750. The summed E-state index contributed by atoms with van der Waals surface area (Å²) in [7, 11) is 3.46. The Morgan fingerprint density at radius 3 is 2.62 bits per heavy atom. The van der Waals surface area contributed by atoms with Crippen LogP contribution in [0, 0.1) is 0 Å². The molecule has 0 saturated heterocycles. The van der Waals surface area contributed by atoms with Crippen LogP contribution in [-0.2, 0) is 11.8 Å². The van der Waals surface area contributed by atoms with Crippen LogP contribution in [0.1, 0.15) is 25.6 Å². The molecule has 0 bridgehead atoms. The number of nitrogens with two attached hydrogens (primary N) is 1. The molecule has 0 spiro atoms. The van der Waals surface area contributed by atoms with E-state index in [2.05, 4.69) is 10.3 Å². The third kappa shape index (κ3) is 1.87. The molecule has 5 nitrogen and oxygen atoms in total. The minimum atomic E-state index is -0.407. The fourth-order valence-electron chi connectivity index (χ4n) is 1.06. The van der Waals surface area contributed by atoms with Gasteiger partial charge in [0.25, 0.3) is 0 Å². The lowest BCUT2D eigenvalue weighted by Gasteiger charge is -2.29. The van der Waals surface area contributed by atoms with Crippen LogP contribution < -0.4 is 5.73 Å². The summed E-state index contributed by atoms with van der Waals surface area (Å²) in [4.78, 5) is 0. The molecule has 1 aromatic heterocycles. The van der Waals surface area contributed by atoms with Gasteiger partial charge in [-0.15, -0.1) is 5.10 Å². The van der Waals surface area contributed by atoms with Gasteiger partial charge in [-0.05, 0) is 13.8 Å². The van der Waals surface area contributed by atoms with Gasteiger partial charge in [0.1, 0.15) is 0 Å². The molecule has 0 aliphatic heterocycles. The van der Waals surface area contributed by atoms with Crippen molar-refractivity contribution < 1.29 is 4.74 Å². The van der Waals surface area contributed by atoms with Gasteiger partial charge in [-0.3, -0.25) is 4.68 Å². The van der Waals surface area contributed by atoms with Gasteiger partial charge in [-0.1, -0.05) is 5.21 Å². The number of aryl methyl sites for hydroxylation is 1. The van der Waals surface area contributed by atoms with E-state index in [0.29, 0.717) is 0 Å². The summed E-state index contributed by atoms with van der Waals surface area (Å²) < 4.78 is 6.94. The van der Waals surface area contributed by atoms with Crippen molar-refractivity contribution in [2.45, 2.75) is 25.5 Å². The summed E-state index contributed by atoms with van der Waals surface area (Å²) in [6.45, 7) is 3.87. The highest BCUT2D eigenvalue weighted by Gasteiger charge is 2.29. The van der Waals surface area contributed by atoms with Crippen molar-refractivity contribution in [1.82, 2.24) is 15.0 Å². The standard InChI is InChI=1S/C8H16N4O/c1-8(2,13-4)7(9)6-5-10-11-12(6)3/h5,7H,9H2,1-4H3. The highest BCUT2D eigenvalue weighted by atomic mass is 16.5. The Balaban J connectivity index is 2.91. The van der Waals surface area contributed by atoms with E-state index in [0.717, 1.165) is 5.69 Å². The molecule has 1 heterocycles. The van der Waals surface area contributed by atoms with Crippen LogP contribution in [0.15, 0.2) is 6.20 Å². The smallest absolute Gasteiger partial charge is 0.0830 e. The summed E-state index contributed by atoms with van der Waals surface area (Å²) >= 11 is 0. The van der Waals surface area contributed by atoms with E-state index in [1.54, 1.807) is 18.0 Å². The van der Waals surface area contributed by atoms with Crippen molar-refractivity contribution in [2.75, 3.05) is 7.11 Å². The molecule has 0 radical (unpaired) electrons. The predicted molar refractivity (Wildman–Crippen MR) is 49.0 cm³/mol. The van der Waals surface area contributed by atoms with Gasteiger partial charge in [-0.25, -0.2) is 0 Å². The van der Waals surface area contributed by atoms with Crippen LogP contribution in [0.3, 0.4) is 0 Å². The third-order valence-electron chi connectivity index (χ3n) is 2.34. The predicted octanol–water partition coefficient (Wildman–Crippen LogP) is 0.240. The highest BCUT2D eigenvalue weighted by Crippen LogP contribution is 2.24. The number of hydrogen-bond donors (Lipinski definition) is 1. The van der Waals surface area contributed by atoms with Crippen LogP contribution in [0.2, 0.25) is 0 Å². The Labute approximate surface area is 77.9 Å². The van der Waals surface area contributed by atoms with Crippen LogP contribution >= 0.6 is 0 Å². The summed E-state index contributed by atoms with van der Waals surface area (Å²) in [6.07, 6.45) is 1.66. The maximum atomic E-state index is 6.00. The Morgan fingerprint density at radius 1 is 1.62 bits per heavy atom. The van der Waals surface area contributed by atoms with E-state index < -0.39 is 5.60 Å². The van der Waals surface area contributed by atoms with E-state index in [9.17, 15) is 0 Å². The molecule has 1 rings (SSSR count). The van der Waals surface area contributed by atoms with Gasteiger partial charge in [0.2, 0.25) is 0 Å². The van der Waals surface area contributed by atoms with Crippen molar-refractivity contribution in [2.24, 2.45) is 12.8 Å². The Hall–Kier alpha value is -0.940. The normalized spacial score (nSPS) is 14.5. The summed E-state index contributed by atoms with van der Waals surface area (Å²) in [5, 5.41) is 7.58. The molecule has 74 valence electrons. The molecule has 0 amide bonds. The van der Waals surface area contributed by atoms with Crippen LogP contribution in [0.4, 0.5) is 0 Å². The Bertz CT molecular complexity index is 281. The lowest BCUT2D eigenvalue weighted by atomic mass is 9.97. The van der Waals surface area contributed by atoms with Gasteiger partial charge in [0.15, 0.2) is 0 Å². The average molecular weight is 184 g/mol. The van der Waals surface area contributed by atoms with Gasteiger partial charge in [0, 0.05) is 14.2 Å². The van der Waals surface area contributed by atoms with Crippen molar-refractivity contribution in [3.05, 3.63) is 11.9 Å². The minimum absolute atomic E-state index is 0.225. The van der Waals surface area contributed by atoms with E-state index in [4.69, 9.17) is 10.5 Å². The molecule has 13 heavy (non-hydrogen) atoms. The molecular formula is C8H16N4O. The maximum Gasteiger partial charge on any atom is 0.0830 e. The van der Waals surface area contributed by atoms with E-state index in [1.807, 2.05) is 20.9 Å². The topological polar surface area (TPSA) is 66.0 Å². The second-order valence-corrected chi connectivity index (χ2v) is 3.57. The van der Waals surface area contributed by atoms with Crippen LogP contribution in [0.5, 0.6) is 0 Å². The first-order valence-corrected chi connectivity index (χ1v) is 4.14. The zero-order valence-electron chi connectivity index (χ0n) is 8.48. The molecule has 0 aliphatic rings. The lowest BCUT2D eigenvalue weighted by molar-refractivity contribution is -0.00200. The molecule has 1 unspecified atom stereocenters. The fourth-order valence-corrected chi connectivity index (χ4v) is 1.06. The number of methoxy groups -OCH3 is 1. The molecular weight excluding hydrogens is 168 g/mol. The Morgan fingerprint density at radius 2 is 2.23 bits per heavy atom. The number of aromatic nitrogens is 3. The third-order valence-corrected chi connectivity index (χ3v) is 2.34. The highest BCUT2D eigenvalue weighted by molar-refractivity contribution is 5.06. The summed E-state index contributed by atoms with van der Waals surface area (Å²) in [5.41, 5.74) is 6.46. The molecule has 1 atom stereocenters. The molecule has 0 aliphatic carbocycles. The second kappa shape index (κ2) is 3.43. The summed E-state index contributed by atoms with van der Waals surface area (Å²) in [5.74, 6) is 0. The van der Waals surface area contributed by atoms with Gasteiger partial charge < -0.3 is 10.5 Å². The first-order chi connectivity index (χ1) is 5.99. The first-order valence-electron chi connectivity index (χ1n) is 4.14. The average Bonchev–Trinajstić information content (AvgIpc) is 2.50. The zero-order valence-corrected chi connectivity index (χ0v) is 8.48. The molecule has 2 N–H and O–H groups in total. The molecule has 0 fully saturated rings. The molecule has 5 heteroatoms.